The average molecular weight is 307 g/mol. The molecule has 2 aliphatic carbocycles. The van der Waals surface area contributed by atoms with Crippen molar-refractivity contribution in [2.24, 2.45) is 17.6 Å². The number of nitrogens with zero attached hydrogens (tertiary/aromatic N) is 1. The van der Waals surface area contributed by atoms with Crippen molar-refractivity contribution in [3.63, 3.8) is 0 Å². The number of rotatable bonds is 1. The Bertz CT molecular complexity index is 607. The maximum Gasteiger partial charge on any atom is 0.200 e. The van der Waals surface area contributed by atoms with E-state index in [0.717, 1.165) is 21.5 Å². The first-order chi connectivity index (χ1) is 8.72. The van der Waals surface area contributed by atoms with Gasteiger partial charge in [0.25, 0.3) is 0 Å². The van der Waals surface area contributed by atoms with Gasteiger partial charge in [0.1, 0.15) is 5.52 Å². The average Bonchev–Trinajstić information content (AvgIpc) is 3.00. The summed E-state index contributed by atoms with van der Waals surface area (Å²) in [7, 11) is 0. The number of nitrogens with two attached hydrogens (primary N) is 1. The second-order valence-electron chi connectivity index (χ2n) is 5.60. The summed E-state index contributed by atoms with van der Waals surface area (Å²) >= 11 is 3.46. The molecule has 2 bridgehead atoms. The van der Waals surface area contributed by atoms with Crippen LogP contribution < -0.4 is 5.73 Å². The Morgan fingerprint density at radius 1 is 1.28 bits per heavy atom. The lowest BCUT2D eigenvalue weighted by Gasteiger charge is -2.25. The second-order valence-corrected chi connectivity index (χ2v) is 6.52. The highest BCUT2D eigenvalue weighted by Gasteiger charge is 2.48. The maximum absolute atomic E-state index is 6.34. The topological polar surface area (TPSA) is 52.0 Å². The molecule has 2 aromatic rings. The van der Waals surface area contributed by atoms with E-state index in [1.807, 2.05) is 18.2 Å². The van der Waals surface area contributed by atoms with Gasteiger partial charge in [0.05, 0.1) is 5.92 Å². The van der Waals surface area contributed by atoms with Gasteiger partial charge in [-0.3, -0.25) is 0 Å². The van der Waals surface area contributed by atoms with Crippen LogP contribution in [0.3, 0.4) is 0 Å². The molecule has 1 aromatic carbocycles. The van der Waals surface area contributed by atoms with Crippen LogP contribution in [-0.2, 0) is 0 Å². The zero-order valence-corrected chi connectivity index (χ0v) is 11.6. The molecule has 0 amide bonds. The molecule has 3 nitrogen and oxygen atoms in total. The Morgan fingerprint density at radius 3 is 2.89 bits per heavy atom. The van der Waals surface area contributed by atoms with Crippen molar-refractivity contribution in [2.75, 3.05) is 0 Å². The zero-order chi connectivity index (χ0) is 12.3. The van der Waals surface area contributed by atoms with Gasteiger partial charge in [-0.05, 0) is 49.3 Å². The molecular weight excluding hydrogens is 292 g/mol. The van der Waals surface area contributed by atoms with Crippen molar-refractivity contribution in [3.8, 4) is 0 Å². The predicted octanol–water partition coefficient (Wildman–Crippen LogP) is 3.43. The summed E-state index contributed by atoms with van der Waals surface area (Å²) in [5.41, 5.74) is 8.13. The molecular formula is C14H15BrN2O. The zero-order valence-electron chi connectivity index (χ0n) is 9.97. The van der Waals surface area contributed by atoms with Gasteiger partial charge in [-0.2, -0.15) is 0 Å². The van der Waals surface area contributed by atoms with Gasteiger partial charge in [0.2, 0.25) is 0 Å². The van der Waals surface area contributed by atoms with E-state index in [1.54, 1.807) is 0 Å². The highest BCUT2D eigenvalue weighted by atomic mass is 79.9. The minimum Gasteiger partial charge on any atom is -0.440 e. The number of aromatic nitrogens is 1. The van der Waals surface area contributed by atoms with Gasteiger partial charge in [-0.25, -0.2) is 4.98 Å². The van der Waals surface area contributed by atoms with Crippen LogP contribution in [-0.4, -0.2) is 11.0 Å². The number of oxazole rings is 1. The highest BCUT2D eigenvalue weighted by molar-refractivity contribution is 9.10. The van der Waals surface area contributed by atoms with E-state index in [2.05, 4.69) is 20.9 Å². The Morgan fingerprint density at radius 2 is 2.11 bits per heavy atom. The van der Waals surface area contributed by atoms with Crippen molar-refractivity contribution in [1.29, 1.82) is 0 Å². The van der Waals surface area contributed by atoms with E-state index >= 15 is 0 Å². The second kappa shape index (κ2) is 3.81. The Hall–Kier alpha value is -0.870. The molecule has 0 radical (unpaired) electrons. The minimum absolute atomic E-state index is 0.236. The first kappa shape index (κ1) is 11.0. The summed E-state index contributed by atoms with van der Waals surface area (Å²) in [4.78, 5) is 4.65. The van der Waals surface area contributed by atoms with Crippen LogP contribution >= 0.6 is 15.9 Å². The lowest BCUT2D eigenvalue weighted by atomic mass is 9.85. The Labute approximate surface area is 114 Å². The molecule has 2 saturated carbocycles. The molecule has 4 atom stereocenters. The summed E-state index contributed by atoms with van der Waals surface area (Å²) in [6.07, 6.45) is 3.83. The van der Waals surface area contributed by atoms with Crippen LogP contribution in [0.15, 0.2) is 27.1 Å². The molecule has 1 heterocycles. The maximum atomic E-state index is 6.34. The van der Waals surface area contributed by atoms with E-state index < -0.39 is 0 Å². The third kappa shape index (κ3) is 1.48. The van der Waals surface area contributed by atoms with Crippen LogP contribution in [0.5, 0.6) is 0 Å². The number of benzene rings is 1. The van der Waals surface area contributed by atoms with Gasteiger partial charge in [0.15, 0.2) is 11.5 Å². The quantitative estimate of drug-likeness (QED) is 0.878. The lowest BCUT2D eigenvalue weighted by Crippen LogP contribution is -2.34. The number of fused-ring (bicyclic) bond motifs is 3. The van der Waals surface area contributed by atoms with Crippen LogP contribution in [0, 0.1) is 11.8 Å². The molecule has 2 fully saturated rings. The molecule has 0 aliphatic heterocycles. The minimum atomic E-state index is 0.236. The van der Waals surface area contributed by atoms with Crippen molar-refractivity contribution in [3.05, 3.63) is 28.6 Å². The summed E-state index contributed by atoms with van der Waals surface area (Å²) in [6, 6.07) is 6.19. The van der Waals surface area contributed by atoms with E-state index in [-0.39, 0.29) is 6.04 Å². The molecule has 18 heavy (non-hydrogen) atoms. The molecule has 2 aliphatic rings. The van der Waals surface area contributed by atoms with E-state index in [4.69, 9.17) is 10.2 Å². The van der Waals surface area contributed by atoms with Crippen LogP contribution in [0.25, 0.3) is 11.1 Å². The molecule has 2 N–H and O–H groups in total. The first-order valence-electron chi connectivity index (χ1n) is 6.54. The van der Waals surface area contributed by atoms with Crippen molar-refractivity contribution >= 4 is 27.0 Å². The molecule has 4 unspecified atom stereocenters. The van der Waals surface area contributed by atoms with Crippen LogP contribution in [0.4, 0.5) is 0 Å². The first-order valence-corrected chi connectivity index (χ1v) is 7.33. The van der Waals surface area contributed by atoms with Crippen molar-refractivity contribution in [2.45, 2.75) is 31.2 Å². The van der Waals surface area contributed by atoms with Gasteiger partial charge in [-0.15, -0.1) is 0 Å². The third-order valence-electron chi connectivity index (χ3n) is 4.63. The van der Waals surface area contributed by atoms with Gasteiger partial charge >= 0.3 is 0 Å². The molecule has 4 rings (SSSR count). The SMILES string of the molecule is NC1C2CCC(C2)C1c1nc2cc(Br)ccc2o1. The standard InChI is InChI=1S/C14H15BrN2O/c15-9-3-4-11-10(6-9)17-14(18-11)12-7-1-2-8(5-7)13(12)16/h3-4,6-8,12-13H,1-2,5,16H2. The normalized spacial score (nSPS) is 34.6. The van der Waals surface area contributed by atoms with Gasteiger partial charge in [-0.1, -0.05) is 15.9 Å². The number of hydrogen-bond acceptors (Lipinski definition) is 3. The van der Waals surface area contributed by atoms with Gasteiger partial charge < -0.3 is 10.2 Å². The fraction of sp³-hybridized carbons (Fsp3) is 0.500. The molecule has 0 saturated heterocycles. The number of halogens is 1. The molecule has 1 aromatic heterocycles. The molecule has 0 spiro atoms. The lowest BCUT2D eigenvalue weighted by molar-refractivity contribution is 0.317. The third-order valence-corrected chi connectivity index (χ3v) is 5.13. The molecule has 94 valence electrons. The monoisotopic (exact) mass is 306 g/mol. The van der Waals surface area contributed by atoms with Crippen molar-refractivity contribution < 1.29 is 4.42 Å². The molecule has 4 heteroatoms. The summed E-state index contributed by atoms with van der Waals surface area (Å²) in [5.74, 6) is 2.54. The largest absolute Gasteiger partial charge is 0.440 e. The van der Waals surface area contributed by atoms with E-state index in [1.165, 1.54) is 19.3 Å². The fourth-order valence-electron chi connectivity index (χ4n) is 3.76. The Kier molecular flexibility index (Phi) is 2.33. The number of hydrogen-bond donors (Lipinski definition) is 1. The predicted molar refractivity (Wildman–Crippen MR) is 73.3 cm³/mol. The summed E-state index contributed by atoms with van der Waals surface area (Å²) < 4.78 is 6.95. The van der Waals surface area contributed by atoms with Crippen molar-refractivity contribution in [1.82, 2.24) is 4.98 Å². The summed E-state index contributed by atoms with van der Waals surface area (Å²) in [6.45, 7) is 0. The van der Waals surface area contributed by atoms with E-state index in [9.17, 15) is 0 Å². The van der Waals surface area contributed by atoms with E-state index in [0.29, 0.717) is 17.8 Å². The fourth-order valence-corrected chi connectivity index (χ4v) is 4.11. The van der Waals surface area contributed by atoms with Crippen LogP contribution in [0.1, 0.15) is 31.1 Å². The highest BCUT2D eigenvalue weighted by Crippen LogP contribution is 2.52. The summed E-state index contributed by atoms with van der Waals surface area (Å²) in [5, 5.41) is 0. The van der Waals surface area contributed by atoms with Gasteiger partial charge in [0, 0.05) is 10.5 Å². The smallest absolute Gasteiger partial charge is 0.200 e. The van der Waals surface area contributed by atoms with Crippen LogP contribution in [0.2, 0.25) is 0 Å². The Balaban J connectivity index is 1.78.